The van der Waals surface area contributed by atoms with Crippen LogP contribution in [0.2, 0.25) is 0 Å². The minimum Gasteiger partial charge on any atom is -0.459 e. The van der Waals surface area contributed by atoms with Gasteiger partial charge in [-0.1, -0.05) is 12.1 Å². The van der Waals surface area contributed by atoms with Crippen LogP contribution in [0.4, 0.5) is 5.82 Å². The van der Waals surface area contributed by atoms with Gasteiger partial charge in [-0.05, 0) is 43.0 Å². The second kappa shape index (κ2) is 9.12. The number of furan rings is 1. The maximum atomic E-state index is 12.4. The number of carbonyl (C=O) groups is 1. The molecule has 0 atom stereocenters. The molecule has 0 radical (unpaired) electrons. The molecule has 2 saturated heterocycles. The van der Waals surface area contributed by atoms with Crippen LogP contribution in [0.5, 0.6) is 0 Å². The van der Waals surface area contributed by atoms with Gasteiger partial charge in [0.05, 0.1) is 12.8 Å². The zero-order valence-corrected chi connectivity index (χ0v) is 18.3. The Kier molecular flexibility index (Phi) is 5.89. The molecule has 2 aliphatic heterocycles. The van der Waals surface area contributed by atoms with Crippen molar-refractivity contribution in [3.05, 3.63) is 48.4 Å². The number of carbonyl (C=O) groups excluding carboxylic acids is 1. The molecule has 1 amide bonds. The quantitative estimate of drug-likeness (QED) is 0.603. The summed E-state index contributed by atoms with van der Waals surface area (Å²) >= 11 is 0. The monoisotopic (exact) mass is 436 g/mol. The minimum atomic E-state index is -0.0651. The van der Waals surface area contributed by atoms with E-state index in [1.807, 2.05) is 23.2 Å². The summed E-state index contributed by atoms with van der Waals surface area (Å²) in [5.74, 6) is 3.24. The predicted octanol–water partition coefficient (Wildman–Crippen LogP) is 2.92. The summed E-state index contributed by atoms with van der Waals surface area (Å²) in [4.78, 5) is 27.9. The molecule has 3 aromatic rings. The smallest absolute Gasteiger partial charge is 0.289 e. The first-order valence-electron chi connectivity index (χ1n) is 11.2. The largest absolute Gasteiger partial charge is 0.459 e. The first-order chi connectivity index (χ1) is 15.7. The lowest BCUT2D eigenvalue weighted by atomic mass is 9.99. The van der Waals surface area contributed by atoms with E-state index in [9.17, 15) is 4.79 Å². The van der Waals surface area contributed by atoms with E-state index < -0.39 is 0 Å². The molecule has 0 saturated carbocycles. The highest BCUT2D eigenvalue weighted by Gasteiger charge is 2.25. The topological polar surface area (TPSA) is 91.7 Å². The number of nitrogens with zero attached hydrogens (tertiary/aromatic N) is 6. The summed E-state index contributed by atoms with van der Waals surface area (Å²) in [6.07, 6.45) is 5.76. The number of piperidine rings is 1. The Morgan fingerprint density at radius 1 is 1.09 bits per heavy atom. The van der Waals surface area contributed by atoms with Gasteiger partial charge in [-0.2, -0.15) is 4.98 Å². The number of hydrogen-bond acceptors (Lipinski definition) is 8. The molecule has 3 aromatic heterocycles. The van der Waals surface area contributed by atoms with Crippen molar-refractivity contribution in [3.63, 3.8) is 0 Å². The molecule has 32 heavy (non-hydrogen) atoms. The van der Waals surface area contributed by atoms with Crippen LogP contribution in [-0.4, -0.2) is 70.1 Å². The van der Waals surface area contributed by atoms with E-state index in [0.717, 1.165) is 43.5 Å². The van der Waals surface area contributed by atoms with Gasteiger partial charge in [-0.15, -0.1) is 0 Å². The molecule has 0 aromatic carbocycles. The third-order valence-electron chi connectivity index (χ3n) is 6.33. The van der Waals surface area contributed by atoms with Gasteiger partial charge in [0.15, 0.2) is 5.76 Å². The normalized spacial score (nSPS) is 18.3. The summed E-state index contributed by atoms with van der Waals surface area (Å²) in [7, 11) is 0. The molecule has 0 aliphatic carbocycles. The van der Waals surface area contributed by atoms with Crippen LogP contribution in [0, 0.1) is 5.92 Å². The van der Waals surface area contributed by atoms with E-state index in [0.29, 0.717) is 37.1 Å². The van der Waals surface area contributed by atoms with Crippen LogP contribution in [0.3, 0.4) is 0 Å². The molecule has 2 aliphatic rings. The minimum absolute atomic E-state index is 0.0651. The van der Waals surface area contributed by atoms with E-state index in [1.54, 1.807) is 12.1 Å². The van der Waals surface area contributed by atoms with Crippen LogP contribution in [-0.2, 0) is 6.54 Å². The molecule has 9 nitrogen and oxygen atoms in total. The highest BCUT2D eigenvalue weighted by Crippen LogP contribution is 2.23. The van der Waals surface area contributed by atoms with Crippen LogP contribution in [0.15, 0.2) is 45.7 Å². The average Bonchev–Trinajstić information content (AvgIpc) is 3.53. The predicted molar refractivity (Wildman–Crippen MR) is 118 cm³/mol. The van der Waals surface area contributed by atoms with Crippen LogP contribution in [0.25, 0.3) is 11.4 Å². The van der Waals surface area contributed by atoms with Crippen LogP contribution < -0.4 is 4.90 Å². The molecule has 168 valence electrons. The molecule has 2 fully saturated rings. The van der Waals surface area contributed by atoms with Gasteiger partial charge < -0.3 is 18.7 Å². The maximum absolute atomic E-state index is 12.4. The number of amides is 1. The molecule has 0 unspecified atom stereocenters. The van der Waals surface area contributed by atoms with E-state index in [1.165, 1.54) is 19.1 Å². The Labute approximate surface area is 187 Å². The molecule has 0 N–H and O–H groups in total. The number of rotatable bonds is 5. The van der Waals surface area contributed by atoms with Crippen molar-refractivity contribution >= 4 is 11.7 Å². The Balaban J connectivity index is 1.15. The molecule has 0 spiro atoms. The van der Waals surface area contributed by atoms with E-state index in [4.69, 9.17) is 8.94 Å². The van der Waals surface area contributed by atoms with Crippen molar-refractivity contribution in [1.29, 1.82) is 0 Å². The average molecular weight is 437 g/mol. The highest BCUT2D eigenvalue weighted by atomic mass is 16.5. The van der Waals surface area contributed by atoms with E-state index in [2.05, 4.69) is 31.8 Å². The molecule has 0 bridgehead atoms. The van der Waals surface area contributed by atoms with Crippen molar-refractivity contribution in [1.82, 2.24) is 24.9 Å². The van der Waals surface area contributed by atoms with Crippen LogP contribution in [0.1, 0.15) is 36.2 Å². The van der Waals surface area contributed by atoms with E-state index in [-0.39, 0.29) is 5.91 Å². The van der Waals surface area contributed by atoms with E-state index >= 15 is 0 Å². The lowest BCUT2D eigenvalue weighted by molar-refractivity contribution is 0.0585. The van der Waals surface area contributed by atoms with Gasteiger partial charge in [0.25, 0.3) is 5.91 Å². The van der Waals surface area contributed by atoms with Crippen molar-refractivity contribution in [3.8, 4) is 11.4 Å². The standard InChI is InChI=1S/C23H28N6O3/c1-17-6-8-28(9-7-17)20-5-4-18(15-24-20)22-25-21(32-26-22)16-27-10-12-29(13-11-27)23(30)19-3-2-14-31-19/h2-5,14-15,17H,6-13,16H2,1H3. The summed E-state index contributed by atoms with van der Waals surface area (Å²) in [5.41, 5.74) is 0.850. The van der Waals surface area contributed by atoms with Gasteiger partial charge in [0.2, 0.25) is 11.7 Å². The Morgan fingerprint density at radius 3 is 2.59 bits per heavy atom. The van der Waals surface area contributed by atoms with Gasteiger partial charge in [-0.3, -0.25) is 9.69 Å². The molecule has 5 rings (SSSR count). The summed E-state index contributed by atoms with van der Waals surface area (Å²) in [6.45, 7) is 7.75. The first-order valence-corrected chi connectivity index (χ1v) is 11.2. The molecular formula is C23H28N6O3. The van der Waals surface area contributed by atoms with Crippen LogP contribution >= 0.6 is 0 Å². The molecule has 9 heteroatoms. The van der Waals surface area contributed by atoms with Gasteiger partial charge in [-0.25, -0.2) is 4.98 Å². The SMILES string of the molecule is CC1CCN(c2ccc(-c3noc(CN4CCN(C(=O)c5ccco5)CC4)n3)cn2)CC1. The second-order valence-corrected chi connectivity index (χ2v) is 8.63. The third kappa shape index (κ3) is 4.52. The summed E-state index contributed by atoms with van der Waals surface area (Å²) in [5, 5.41) is 4.14. The van der Waals surface area contributed by atoms with Gasteiger partial charge >= 0.3 is 0 Å². The van der Waals surface area contributed by atoms with Gasteiger partial charge in [0, 0.05) is 51.0 Å². The Bertz CT molecular complexity index is 1020. The zero-order valence-electron chi connectivity index (χ0n) is 18.3. The number of aromatic nitrogens is 3. The number of anilines is 1. The van der Waals surface area contributed by atoms with Crippen molar-refractivity contribution in [2.24, 2.45) is 5.92 Å². The molecular weight excluding hydrogens is 408 g/mol. The lowest BCUT2D eigenvalue weighted by Crippen LogP contribution is -2.48. The fourth-order valence-electron chi connectivity index (χ4n) is 4.24. The van der Waals surface area contributed by atoms with Crippen molar-refractivity contribution in [2.45, 2.75) is 26.3 Å². The lowest BCUT2D eigenvalue weighted by Gasteiger charge is -2.33. The number of hydrogen-bond donors (Lipinski definition) is 0. The fraction of sp³-hybridized carbons (Fsp3) is 0.478. The molecule has 5 heterocycles. The first kappa shape index (κ1) is 20.7. The summed E-state index contributed by atoms with van der Waals surface area (Å²) in [6, 6.07) is 7.47. The Morgan fingerprint density at radius 2 is 1.91 bits per heavy atom. The second-order valence-electron chi connectivity index (χ2n) is 8.63. The maximum Gasteiger partial charge on any atom is 0.289 e. The highest BCUT2D eigenvalue weighted by molar-refractivity contribution is 5.91. The van der Waals surface area contributed by atoms with Gasteiger partial charge in [0.1, 0.15) is 5.82 Å². The number of piperazine rings is 1. The third-order valence-corrected chi connectivity index (χ3v) is 6.33. The summed E-state index contributed by atoms with van der Waals surface area (Å²) < 4.78 is 10.7. The number of pyridine rings is 1. The van der Waals surface area contributed by atoms with Crippen molar-refractivity contribution in [2.75, 3.05) is 44.2 Å². The Hall–Kier alpha value is -3.20. The fourth-order valence-corrected chi connectivity index (χ4v) is 4.24. The van der Waals surface area contributed by atoms with Crippen molar-refractivity contribution < 1.29 is 13.7 Å². The zero-order chi connectivity index (χ0) is 21.9.